The molecule has 4 heteroatoms. The molecular weight excluding hydrogens is 559 g/mol. The molecule has 3 aromatic heterocycles. The van der Waals surface area contributed by atoms with Crippen LogP contribution in [0.2, 0.25) is 0 Å². The minimum atomic E-state index is 0.866. The zero-order chi connectivity index (χ0) is 28.8. The lowest BCUT2D eigenvalue weighted by atomic mass is 10.0. The molecule has 0 saturated carbocycles. The molecule has 0 radical (unpaired) electrons. The first-order chi connectivity index (χ1) is 21.8. The van der Waals surface area contributed by atoms with Gasteiger partial charge in [-0.05, 0) is 71.4 Å². The van der Waals surface area contributed by atoms with Crippen molar-refractivity contribution in [3.8, 4) is 0 Å². The van der Waals surface area contributed by atoms with E-state index in [0.29, 0.717) is 0 Å². The van der Waals surface area contributed by atoms with E-state index in [1.165, 1.54) is 30.9 Å². The van der Waals surface area contributed by atoms with Gasteiger partial charge in [0.15, 0.2) is 0 Å². The van der Waals surface area contributed by atoms with Gasteiger partial charge in [0.2, 0.25) is 0 Å². The quantitative estimate of drug-likeness (QED) is 0.208. The van der Waals surface area contributed by atoms with Crippen LogP contribution in [0.5, 0.6) is 0 Å². The second-order valence-electron chi connectivity index (χ2n) is 11.3. The topological polar surface area (TPSA) is 29.5 Å². The third kappa shape index (κ3) is 3.43. The lowest BCUT2D eigenvalue weighted by molar-refractivity contribution is 0.669. The Hall–Kier alpha value is -5.58. The molecule has 7 aromatic carbocycles. The molecule has 0 aliphatic rings. The van der Waals surface area contributed by atoms with Crippen LogP contribution in [-0.4, -0.2) is 0 Å². The van der Waals surface area contributed by atoms with E-state index in [1.54, 1.807) is 0 Å². The fourth-order valence-electron chi connectivity index (χ4n) is 6.83. The molecule has 0 amide bonds. The summed E-state index contributed by atoms with van der Waals surface area (Å²) in [6, 6.07) is 49.5. The molecule has 10 rings (SSSR count). The molecule has 0 N–H and O–H groups in total. The summed E-state index contributed by atoms with van der Waals surface area (Å²) in [5, 5.41) is 9.60. The number of para-hydroxylation sites is 2. The lowest BCUT2D eigenvalue weighted by Gasteiger charge is -2.26. The summed E-state index contributed by atoms with van der Waals surface area (Å²) in [7, 11) is 0. The highest BCUT2D eigenvalue weighted by molar-refractivity contribution is 7.26. The van der Waals surface area contributed by atoms with Crippen molar-refractivity contribution < 1.29 is 8.83 Å². The molecule has 3 nitrogen and oxygen atoms in total. The van der Waals surface area contributed by atoms with E-state index < -0.39 is 0 Å². The van der Waals surface area contributed by atoms with Gasteiger partial charge in [-0.2, -0.15) is 0 Å². The molecule has 0 bridgehead atoms. The third-order valence-electron chi connectivity index (χ3n) is 8.84. The Morgan fingerprint density at radius 2 is 0.909 bits per heavy atom. The number of thiophene rings is 1. The van der Waals surface area contributed by atoms with E-state index >= 15 is 0 Å². The van der Waals surface area contributed by atoms with Gasteiger partial charge in [0, 0.05) is 70.9 Å². The van der Waals surface area contributed by atoms with E-state index in [0.717, 1.165) is 60.9 Å². The van der Waals surface area contributed by atoms with Crippen LogP contribution in [-0.2, 0) is 0 Å². The summed E-state index contributed by atoms with van der Waals surface area (Å²) in [5.41, 5.74) is 6.64. The molecule has 0 atom stereocenters. The van der Waals surface area contributed by atoms with E-state index in [9.17, 15) is 0 Å². The number of nitrogens with zero attached hydrogens (tertiary/aromatic N) is 1. The molecule has 0 aliphatic heterocycles. The predicted molar refractivity (Wildman–Crippen MR) is 186 cm³/mol. The van der Waals surface area contributed by atoms with Crippen molar-refractivity contribution in [3.63, 3.8) is 0 Å². The summed E-state index contributed by atoms with van der Waals surface area (Å²) in [6.07, 6.45) is 0. The first-order valence-corrected chi connectivity index (χ1v) is 15.6. The summed E-state index contributed by atoms with van der Waals surface area (Å²) < 4.78 is 15.3. The molecule has 206 valence electrons. The monoisotopic (exact) mass is 581 g/mol. The van der Waals surface area contributed by atoms with Gasteiger partial charge in [0.25, 0.3) is 0 Å². The normalized spacial score (nSPS) is 12.1. The van der Waals surface area contributed by atoms with Gasteiger partial charge in [0.05, 0.1) is 0 Å². The van der Waals surface area contributed by atoms with Crippen LogP contribution < -0.4 is 4.90 Å². The zero-order valence-corrected chi connectivity index (χ0v) is 24.3. The molecule has 0 fully saturated rings. The highest BCUT2D eigenvalue weighted by Crippen LogP contribution is 2.43. The summed E-state index contributed by atoms with van der Waals surface area (Å²) >= 11 is 1.85. The van der Waals surface area contributed by atoms with Gasteiger partial charge in [0.1, 0.15) is 22.3 Å². The Kier molecular flexibility index (Phi) is 4.87. The van der Waals surface area contributed by atoms with Gasteiger partial charge in [-0.1, -0.05) is 66.7 Å². The Bertz CT molecular complexity index is 2630. The number of fused-ring (bicyclic) bond motifs is 11. The first-order valence-electron chi connectivity index (χ1n) is 14.8. The van der Waals surface area contributed by atoms with Crippen molar-refractivity contribution in [1.29, 1.82) is 0 Å². The SMILES string of the molecule is c1ccc2c(c1)oc1cc(N(c3ccc4c(ccc5sc6ccccc6c54)c3)c3ccc4c(c3)oc3ccccc34)ccc12. The molecule has 0 unspecified atom stereocenters. The van der Waals surface area contributed by atoms with Crippen LogP contribution in [0.4, 0.5) is 17.1 Å². The van der Waals surface area contributed by atoms with E-state index in [1.807, 2.05) is 35.6 Å². The fourth-order valence-corrected chi connectivity index (χ4v) is 7.96. The molecule has 10 aromatic rings. The molecule has 44 heavy (non-hydrogen) atoms. The maximum absolute atomic E-state index is 6.33. The van der Waals surface area contributed by atoms with Crippen LogP contribution >= 0.6 is 11.3 Å². The van der Waals surface area contributed by atoms with Crippen molar-refractivity contribution in [2.45, 2.75) is 0 Å². The van der Waals surface area contributed by atoms with Crippen molar-refractivity contribution in [1.82, 2.24) is 0 Å². The number of hydrogen-bond donors (Lipinski definition) is 0. The van der Waals surface area contributed by atoms with Gasteiger partial charge in [-0.3, -0.25) is 0 Å². The maximum Gasteiger partial charge on any atom is 0.137 e. The lowest BCUT2D eigenvalue weighted by Crippen LogP contribution is -2.09. The number of hydrogen-bond acceptors (Lipinski definition) is 4. The minimum absolute atomic E-state index is 0.866. The average molecular weight is 582 g/mol. The molecule has 0 spiro atoms. The molecule has 3 heterocycles. The highest BCUT2D eigenvalue weighted by Gasteiger charge is 2.18. The van der Waals surface area contributed by atoms with Gasteiger partial charge in [-0.15, -0.1) is 11.3 Å². The van der Waals surface area contributed by atoms with Crippen molar-refractivity contribution in [2.75, 3.05) is 4.90 Å². The highest BCUT2D eigenvalue weighted by atomic mass is 32.1. The second kappa shape index (κ2) is 8.96. The Balaban J connectivity index is 1.21. The van der Waals surface area contributed by atoms with Crippen molar-refractivity contribution >= 4 is 103 Å². The maximum atomic E-state index is 6.33. The van der Waals surface area contributed by atoms with Gasteiger partial charge in [-0.25, -0.2) is 0 Å². The zero-order valence-electron chi connectivity index (χ0n) is 23.5. The molecule has 0 aliphatic carbocycles. The summed E-state index contributed by atoms with van der Waals surface area (Å²) in [5.74, 6) is 0. The van der Waals surface area contributed by atoms with Crippen LogP contribution in [0, 0.1) is 0 Å². The van der Waals surface area contributed by atoms with Crippen LogP contribution in [0.15, 0.2) is 148 Å². The number of benzene rings is 7. The van der Waals surface area contributed by atoms with Gasteiger partial charge >= 0.3 is 0 Å². The minimum Gasteiger partial charge on any atom is -0.456 e. The van der Waals surface area contributed by atoms with Crippen molar-refractivity contribution in [2.24, 2.45) is 0 Å². The van der Waals surface area contributed by atoms with E-state index in [-0.39, 0.29) is 0 Å². The Morgan fingerprint density at radius 1 is 0.386 bits per heavy atom. The number of rotatable bonds is 3. The van der Waals surface area contributed by atoms with E-state index in [2.05, 4.69) is 120 Å². The summed E-state index contributed by atoms with van der Waals surface area (Å²) in [4.78, 5) is 2.30. The number of furan rings is 2. The third-order valence-corrected chi connectivity index (χ3v) is 9.98. The summed E-state index contributed by atoms with van der Waals surface area (Å²) in [6.45, 7) is 0. The van der Waals surface area contributed by atoms with Crippen LogP contribution in [0.1, 0.15) is 0 Å². The van der Waals surface area contributed by atoms with Crippen LogP contribution in [0.3, 0.4) is 0 Å². The standard InChI is InChI=1S/C40H23NO2S/c1-4-10-34-29(7-1)31-18-15-26(22-36(31)42-34)41(27-16-19-32-30-8-2-5-11-35(30)43-37(32)23-27)25-14-17-28-24(21-25)13-20-39-40(28)33-9-3-6-12-38(33)44-39/h1-23H. The first kappa shape index (κ1) is 23.9. The average Bonchev–Trinajstić information content (AvgIpc) is 3.75. The van der Waals surface area contributed by atoms with Crippen LogP contribution in [0.25, 0.3) is 74.8 Å². The Morgan fingerprint density at radius 3 is 1.57 bits per heavy atom. The van der Waals surface area contributed by atoms with E-state index in [4.69, 9.17) is 8.83 Å². The van der Waals surface area contributed by atoms with Gasteiger partial charge < -0.3 is 13.7 Å². The smallest absolute Gasteiger partial charge is 0.137 e. The number of anilines is 3. The Labute approximate surface area is 255 Å². The largest absolute Gasteiger partial charge is 0.456 e. The fraction of sp³-hybridized carbons (Fsp3) is 0. The molecule has 0 saturated heterocycles. The predicted octanol–water partition coefficient (Wildman–Crippen LogP) is 12.5. The molecular formula is C40H23NO2S. The van der Waals surface area contributed by atoms with Crippen molar-refractivity contribution in [3.05, 3.63) is 140 Å². The second-order valence-corrected chi connectivity index (χ2v) is 12.4.